The Bertz CT molecular complexity index is 242. The van der Waals surface area contributed by atoms with Gasteiger partial charge in [-0.15, -0.1) is 0 Å². The van der Waals surface area contributed by atoms with Crippen LogP contribution in [0.3, 0.4) is 0 Å². The molecule has 1 aliphatic carbocycles. The van der Waals surface area contributed by atoms with Gasteiger partial charge in [-0.3, -0.25) is 0 Å². The molecule has 1 nitrogen and oxygen atoms in total. The van der Waals surface area contributed by atoms with E-state index in [0.29, 0.717) is 0 Å². The molecule has 2 rings (SSSR count). The lowest BCUT2D eigenvalue weighted by atomic mass is 9.74. The maximum Gasteiger partial charge on any atom is 0.00953 e. The van der Waals surface area contributed by atoms with Gasteiger partial charge in [0.1, 0.15) is 0 Å². The van der Waals surface area contributed by atoms with Crippen molar-refractivity contribution in [2.24, 2.45) is 23.7 Å². The van der Waals surface area contributed by atoms with Crippen LogP contribution < -0.4 is 0 Å². The van der Waals surface area contributed by atoms with E-state index in [4.69, 9.17) is 0 Å². The average molecular weight is 251 g/mol. The summed E-state index contributed by atoms with van der Waals surface area (Å²) in [5.41, 5.74) is 0. The van der Waals surface area contributed by atoms with E-state index in [-0.39, 0.29) is 0 Å². The van der Waals surface area contributed by atoms with Crippen LogP contribution in [0.1, 0.15) is 66.2 Å². The van der Waals surface area contributed by atoms with Crippen LogP contribution in [0, 0.1) is 23.7 Å². The summed E-state index contributed by atoms with van der Waals surface area (Å²) in [6.07, 6.45) is 8.79. The molecule has 0 aromatic carbocycles. The molecule has 0 aromatic heterocycles. The summed E-state index contributed by atoms with van der Waals surface area (Å²) in [6, 6.07) is 0.956. The van der Waals surface area contributed by atoms with E-state index in [0.717, 1.165) is 29.7 Å². The van der Waals surface area contributed by atoms with Gasteiger partial charge in [0.25, 0.3) is 0 Å². The lowest BCUT2D eigenvalue weighted by molar-refractivity contribution is 0.0257. The number of piperidine rings is 1. The van der Waals surface area contributed by atoms with Crippen LogP contribution in [0.5, 0.6) is 0 Å². The van der Waals surface area contributed by atoms with Crippen molar-refractivity contribution in [3.63, 3.8) is 0 Å². The quantitative estimate of drug-likeness (QED) is 0.692. The van der Waals surface area contributed by atoms with Gasteiger partial charge < -0.3 is 4.90 Å². The van der Waals surface area contributed by atoms with E-state index in [1.54, 1.807) is 0 Å². The van der Waals surface area contributed by atoms with Crippen LogP contribution in [0.4, 0.5) is 0 Å². The molecule has 1 heteroatoms. The Morgan fingerprint density at radius 3 is 2.28 bits per heavy atom. The molecule has 0 bridgehead atoms. The van der Waals surface area contributed by atoms with Gasteiger partial charge in [0.2, 0.25) is 0 Å². The van der Waals surface area contributed by atoms with Crippen LogP contribution in [-0.2, 0) is 0 Å². The van der Waals surface area contributed by atoms with Crippen LogP contribution in [-0.4, -0.2) is 24.0 Å². The summed E-state index contributed by atoms with van der Waals surface area (Å²) in [6.45, 7) is 12.4. The Morgan fingerprint density at radius 1 is 1.06 bits per heavy atom. The first-order chi connectivity index (χ1) is 8.58. The van der Waals surface area contributed by atoms with Crippen molar-refractivity contribution in [2.45, 2.75) is 72.3 Å². The van der Waals surface area contributed by atoms with Gasteiger partial charge in [-0.25, -0.2) is 0 Å². The zero-order chi connectivity index (χ0) is 13.1. The summed E-state index contributed by atoms with van der Waals surface area (Å²) in [7, 11) is 0. The summed E-state index contributed by atoms with van der Waals surface area (Å²) in [5, 5.41) is 0. The highest BCUT2D eigenvalue weighted by Crippen LogP contribution is 2.37. The second-order valence-electron chi connectivity index (χ2n) is 7.51. The normalized spacial score (nSPS) is 31.0. The van der Waals surface area contributed by atoms with Crippen molar-refractivity contribution in [2.75, 3.05) is 13.1 Å². The Kier molecular flexibility index (Phi) is 5.12. The van der Waals surface area contributed by atoms with Crippen LogP contribution in [0.2, 0.25) is 0 Å². The van der Waals surface area contributed by atoms with Gasteiger partial charge in [0.15, 0.2) is 0 Å². The summed E-state index contributed by atoms with van der Waals surface area (Å²) in [5.74, 6) is 3.70. The maximum atomic E-state index is 2.82. The molecule has 1 heterocycles. The number of likely N-dealkylation sites (tertiary alicyclic amines) is 1. The van der Waals surface area contributed by atoms with E-state index < -0.39 is 0 Å². The number of hydrogen-bond donors (Lipinski definition) is 0. The van der Waals surface area contributed by atoms with Crippen LogP contribution >= 0.6 is 0 Å². The molecule has 0 spiro atoms. The zero-order valence-electron chi connectivity index (χ0n) is 13.0. The van der Waals surface area contributed by atoms with Gasteiger partial charge in [-0.1, -0.05) is 40.5 Å². The van der Waals surface area contributed by atoms with Crippen molar-refractivity contribution in [3.8, 4) is 0 Å². The van der Waals surface area contributed by atoms with Gasteiger partial charge in [-0.05, 0) is 55.9 Å². The lowest BCUT2D eigenvalue weighted by Crippen LogP contribution is -2.49. The Balaban J connectivity index is 1.87. The first-order valence-corrected chi connectivity index (χ1v) is 8.32. The third-order valence-electron chi connectivity index (χ3n) is 5.40. The topological polar surface area (TPSA) is 3.24 Å². The average Bonchev–Trinajstić information content (AvgIpc) is 2.24. The van der Waals surface area contributed by atoms with E-state index in [9.17, 15) is 0 Å². The zero-order valence-corrected chi connectivity index (χ0v) is 13.0. The number of rotatable bonds is 5. The summed E-state index contributed by atoms with van der Waals surface area (Å²) >= 11 is 0. The monoisotopic (exact) mass is 251 g/mol. The van der Waals surface area contributed by atoms with Crippen LogP contribution in [0.15, 0.2) is 0 Å². The summed E-state index contributed by atoms with van der Waals surface area (Å²) < 4.78 is 0. The summed E-state index contributed by atoms with van der Waals surface area (Å²) in [4.78, 5) is 2.82. The molecule has 2 atom stereocenters. The minimum absolute atomic E-state index is 0.866. The predicted octanol–water partition coefficient (Wildman–Crippen LogP) is 4.57. The van der Waals surface area contributed by atoms with Gasteiger partial charge in [0, 0.05) is 12.6 Å². The third-order valence-corrected chi connectivity index (χ3v) is 5.40. The highest BCUT2D eigenvalue weighted by atomic mass is 15.2. The molecule has 2 fully saturated rings. The molecule has 0 aromatic rings. The van der Waals surface area contributed by atoms with E-state index >= 15 is 0 Å². The second kappa shape index (κ2) is 6.41. The van der Waals surface area contributed by atoms with Crippen LogP contribution in [0.25, 0.3) is 0 Å². The molecule has 1 saturated heterocycles. The van der Waals surface area contributed by atoms with Crippen molar-refractivity contribution in [3.05, 3.63) is 0 Å². The molecule has 1 aliphatic heterocycles. The largest absolute Gasteiger partial charge is 0.300 e. The van der Waals surface area contributed by atoms with Gasteiger partial charge in [0.05, 0.1) is 0 Å². The molecule has 0 unspecified atom stereocenters. The SMILES string of the molecule is CC(C)CC[C@@H]1CCN(C2CCC2)C[C@H]1C(C)C. The van der Waals surface area contributed by atoms with E-state index in [1.807, 2.05) is 0 Å². The minimum atomic E-state index is 0.866. The third kappa shape index (κ3) is 3.50. The maximum absolute atomic E-state index is 2.82. The first kappa shape index (κ1) is 14.4. The van der Waals surface area contributed by atoms with Gasteiger partial charge >= 0.3 is 0 Å². The number of nitrogens with zero attached hydrogens (tertiary/aromatic N) is 1. The Labute approximate surface area is 114 Å². The predicted molar refractivity (Wildman–Crippen MR) is 79.7 cm³/mol. The molecule has 1 saturated carbocycles. The van der Waals surface area contributed by atoms with Crippen molar-refractivity contribution >= 4 is 0 Å². The molecular formula is C17H33N. The molecule has 2 aliphatic rings. The van der Waals surface area contributed by atoms with Crippen molar-refractivity contribution in [1.29, 1.82) is 0 Å². The standard InChI is InChI=1S/C17H33N/c1-13(2)8-9-15-10-11-18(16-6-5-7-16)12-17(15)14(3)4/h13-17H,5-12H2,1-4H3/t15-,17+/m1/s1. The second-order valence-corrected chi connectivity index (χ2v) is 7.51. The Morgan fingerprint density at radius 2 is 1.78 bits per heavy atom. The highest BCUT2D eigenvalue weighted by Gasteiger charge is 2.35. The molecule has 0 N–H and O–H groups in total. The minimum Gasteiger partial charge on any atom is -0.300 e. The van der Waals surface area contributed by atoms with E-state index in [2.05, 4.69) is 32.6 Å². The molecule has 0 amide bonds. The smallest absolute Gasteiger partial charge is 0.00953 e. The van der Waals surface area contributed by atoms with Crippen molar-refractivity contribution in [1.82, 2.24) is 4.90 Å². The van der Waals surface area contributed by atoms with Gasteiger partial charge in [-0.2, -0.15) is 0 Å². The fraction of sp³-hybridized carbons (Fsp3) is 1.00. The fourth-order valence-corrected chi connectivity index (χ4v) is 3.80. The molecular weight excluding hydrogens is 218 g/mol. The Hall–Kier alpha value is -0.0400. The van der Waals surface area contributed by atoms with E-state index in [1.165, 1.54) is 51.6 Å². The highest BCUT2D eigenvalue weighted by molar-refractivity contribution is 4.88. The molecule has 0 radical (unpaired) electrons. The first-order valence-electron chi connectivity index (χ1n) is 8.32. The number of hydrogen-bond acceptors (Lipinski definition) is 1. The lowest BCUT2D eigenvalue weighted by Gasteiger charge is -2.47. The molecule has 18 heavy (non-hydrogen) atoms. The molecule has 106 valence electrons. The van der Waals surface area contributed by atoms with Crippen molar-refractivity contribution < 1.29 is 0 Å². The fourth-order valence-electron chi connectivity index (χ4n) is 3.80.